The average Bonchev–Trinajstić information content (AvgIpc) is 3.13. The van der Waals surface area contributed by atoms with Crippen LogP contribution in [0.15, 0.2) is 41.8 Å². The van der Waals surface area contributed by atoms with Gasteiger partial charge in [0.05, 0.1) is 12.7 Å². The highest BCUT2D eigenvalue weighted by Crippen LogP contribution is 2.49. The summed E-state index contributed by atoms with van der Waals surface area (Å²) in [6.07, 6.45) is 0.909. The Kier molecular flexibility index (Phi) is 3.75. The highest BCUT2D eigenvalue weighted by molar-refractivity contribution is 7.10. The minimum Gasteiger partial charge on any atom is -0.465 e. The number of thiophene rings is 1. The first-order valence-corrected chi connectivity index (χ1v) is 7.59. The number of hydrogen-bond donors (Lipinski definition) is 1. The molecule has 5 heteroatoms. The molecule has 1 aromatic carbocycles. The second-order valence-electron chi connectivity index (χ2n) is 5.02. The molecule has 1 aliphatic carbocycles. The van der Waals surface area contributed by atoms with E-state index in [9.17, 15) is 9.59 Å². The zero-order valence-corrected chi connectivity index (χ0v) is 12.4. The Labute approximate surface area is 126 Å². The molecule has 1 N–H and O–H groups in total. The van der Waals surface area contributed by atoms with Crippen molar-refractivity contribution in [1.29, 1.82) is 0 Å². The molecule has 3 rings (SSSR count). The summed E-state index contributed by atoms with van der Waals surface area (Å²) in [5.74, 6) is 0.0790. The van der Waals surface area contributed by atoms with Crippen LogP contribution in [0.25, 0.3) is 0 Å². The van der Waals surface area contributed by atoms with Crippen molar-refractivity contribution in [2.75, 3.05) is 12.4 Å². The summed E-state index contributed by atoms with van der Waals surface area (Å²) in [5.41, 5.74) is 1.17. The molecule has 1 aliphatic rings. The minimum atomic E-state index is -0.382. The number of benzene rings is 1. The van der Waals surface area contributed by atoms with Gasteiger partial charge >= 0.3 is 5.97 Å². The fourth-order valence-corrected chi connectivity index (χ4v) is 3.25. The third-order valence-corrected chi connectivity index (χ3v) is 4.61. The van der Waals surface area contributed by atoms with Crippen molar-refractivity contribution in [3.05, 3.63) is 52.2 Å². The number of nitrogens with one attached hydrogen (secondary N) is 1. The normalized spacial score (nSPS) is 19.9. The molecule has 1 aromatic heterocycles. The largest absolute Gasteiger partial charge is 0.465 e. The Balaban J connectivity index is 1.60. The molecular formula is C16H15NO3S. The van der Waals surface area contributed by atoms with Gasteiger partial charge in [0, 0.05) is 22.4 Å². The fourth-order valence-electron chi connectivity index (χ4n) is 2.34. The lowest BCUT2D eigenvalue weighted by Crippen LogP contribution is -2.14. The number of rotatable bonds is 4. The second kappa shape index (κ2) is 5.69. The molecule has 0 aliphatic heterocycles. The van der Waals surface area contributed by atoms with Crippen LogP contribution in [0.3, 0.4) is 0 Å². The third-order valence-electron chi connectivity index (χ3n) is 3.61. The fraction of sp³-hybridized carbons (Fsp3) is 0.250. The topological polar surface area (TPSA) is 55.4 Å². The van der Waals surface area contributed by atoms with Crippen molar-refractivity contribution in [3.63, 3.8) is 0 Å². The monoisotopic (exact) mass is 301 g/mol. The van der Waals surface area contributed by atoms with Gasteiger partial charge in [0.1, 0.15) is 0 Å². The highest BCUT2D eigenvalue weighted by Gasteiger charge is 2.44. The van der Waals surface area contributed by atoms with Crippen LogP contribution < -0.4 is 5.32 Å². The molecule has 1 fully saturated rings. The molecule has 21 heavy (non-hydrogen) atoms. The summed E-state index contributed by atoms with van der Waals surface area (Å²) >= 11 is 1.70. The smallest absolute Gasteiger partial charge is 0.337 e. The Morgan fingerprint density at radius 3 is 2.62 bits per heavy atom. The van der Waals surface area contributed by atoms with E-state index in [0.717, 1.165) is 6.42 Å². The van der Waals surface area contributed by atoms with Crippen LogP contribution in [0.4, 0.5) is 5.69 Å². The van der Waals surface area contributed by atoms with E-state index in [4.69, 9.17) is 0 Å². The van der Waals surface area contributed by atoms with Gasteiger partial charge in [-0.1, -0.05) is 6.07 Å². The maximum atomic E-state index is 12.2. The molecule has 0 radical (unpaired) electrons. The zero-order valence-electron chi connectivity index (χ0n) is 11.5. The van der Waals surface area contributed by atoms with Crippen molar-refractivity contribution in [2.45, 2.75) is 12.3 Å². The van der Waals surface area contributed by atoms with Crippen LogP contribution in [0.2, 0.25) is 0 Å². The number of carbonyl (C=O) groups is 2. The predicted molar refractivity (Wildman–Crippen MR) is 81.6 cm³/mol. The van der Waals surface area contributed by atoms with Gasteiger partial charge in [0.2, 0.25) is 5.91 Å². The maximum absolute atomic E-state index is 12.2. The molecule has 2 atom stereocenters. The molecule has 2 aromatic rings. The van der Waals surface area contributed by atoms with Crippen LogP contribution in [0.1, 0.15) is 27.6 Å². The van der Waals surface area contributed by atoms with Crippen molar-refractivity contribution >= 4 is 28.9 Å². The number of ether oxygens (including phenoxy) is 1. The highest BCUT2D eigenvalue weighted by atomic mass is 32.1. The summed E-state index contributed by atoms with van der Waals surface area (Å²) in [5, 5.41) is 4.93. The summed E-state index contributed by atoms with van der Waals surface area (Å²) in [7, 11) is 1.34. The first-order chi connectivity index (χ1) is 10.2. The number of amides is 1. The second-order valence-corrected chi connectivity index (χ2v) is 6.00. The Hall–Kier alpha value is -2.14. The molecule has 1 heterocycles. The van der Waals surface area contributed by atoms with E-state index < -0.39 is 0 Å². The van der Waals surface area contributed by atoms with Crippen LogP contribution in [-0.2, 0) is 9.53 Å². The molecule has 0 saturated heterocycles. The van der Waals surface area contributed by atoms with Crippen molar-refractivity contribution in [1.82, 2.24) is 0 Å². The quantitative estimate of drug-likeness (QED) is 0.882. The number of hydrogen-bond acceptors (Lipinski definition) is 4. The first-order valence-electron chi connectivity index (χ1n) is 6.71. The van der Waals surface area contributed by atoms with Crippen LogP contribution in [0.5, 0.6) is 0 Å². The van der Waals surface area contributed by atoms with Gasteiger partial charge in [-0.25, -0.2) is 4.79 Å². The van der Waals surface area contributed by atoms with E-state index >= 15 is 0 Å². The summed E-state index contributed by atoms with van der Waals surface area (Å²) < 4.78 is 4.64. The molecule has 1 amide bonds. The molecule has 1 saturated carbocycles. The Morgan fingerprint density at radius 1 is 1.24 bits per heavy atom. The first kappa shape index (κ1) is 13.8. The lowest BCUT2D eigenvalue weighted by molar-refractivity contribution is -0.117. The van der Waals surface area contributed by atoms with Crippen molar-refractivity contribution in [2.24, 2.45) is 5.92 Å². The van der Waals surface area contributed by atoms with Crippen molar-refractivity contribution < 1.29 is 14.3 Å². The summed E-state index contributed by atoms with van der Waals surface area (Å²) in [6.45, 7) is 0. The molecule has 2 unspecified atom stereocenters. The van der Waals surface area contributed by atoms with Crippen LogP contribution >= 0.6 is 11.3 Å². The maximum Gasteiger partial charge on any atom is 0.337 e. The van der Waals surface area contributed by atoms with Gasteiger partial charge in [-0.3, -0.25) is 4.79 Å². The van der Waals surface area contributed by atoms with Gasteiger partial charge in [-0.05, 0) is 42.1 Å². The zero-order chi connectivity index (χ0) is 14.8. The van der Waals surface area contributed by atoms with Gasteiger partial charge in [-0.2, -0.15) is 0 Å². The molecule has 0 spiro atoms. The summed E-state index contributed by atoms with van der Waals surface area (Å²) in [6, 6.07) is 10.8. The standard InChI is InChI=1S/C16H15NO3S/c1-20-16(19)10-4-6-11(7-5-10)17-15(18)13-9-12(13)14-3-2-8-21-14/h2-8,12-13H,9H2,1H3,(H,17,18). The number of methoxy groups -OCH3 is 1. The number of esters is 1. The molecule has 4 nitrogen and oxygen atoms in total. The van der Waals surface area contributed by atoms with Crippen molar-refractivity contribution in [3.8, 4) is 0 Å². The molecule has 0 bridgehead atoms. The Bertz CT molecular complexity index is 649. The van der Waals surface area contributed by atoms with E-state index in [1.807, 2.05) is 11.4 Å². The molecule has 108 valence electrons. The average molecular weight is 301 g/mol. The predicted octanol–water partition coefficient (Wildman–Crippen LogP) is 3.28. The van der Waals surface area contributed by atoms with Crippen LogP contribution in [-0.4, -0.2) is 19.0 Å². The van der Waals surface area contributed by atoms with Gasteiger partial charge in [0.15, 0.2) is 0 Å². The van der Waals surface area contributed by atoms with Gasteiger partial charge in [-0.15, -0.1) is 11.3 Å². The van der Waals surface area contributed by atoms with Gasteiger partial charge in [0.25, 0.3) is 0 Å². The number of carbonyl (C=O) groups excluding carboxylic acids is 2. The van der Waals surface area contributed by atoms with E-state index in [-0.39, 0.29) is 17.8 Å². The van der Waals surface area contributed by atoms with E-state index in [2.05, 4.69) is 16.1 Å². The summed E-state index contributed by atoms with van der Waals surface area (Å²) in [4.78, 5) is 24.8. The van der Waals surface area contributed by atoms with Crippen LogP contribution in [0, 0.1) is 5.92 Å². The minimum absolute atomic E-state index is 0.0409. The molecular weight excluding hydrogens is 286 g/mol. The van der Waals surface area contributed by atoms with E-state index in [1.165, 1.54) is 12.0 Å². The number of anilines is 1. The lowest BCUT2D eigenvalue weighted by Gasteiger charge is -2.05. The third kappa shape index (κ3) is 2.97. The lowest BCUT2D eigenvalue weighted by atomic mass is 10.2. The van der Waals surface area contributed by atoms with E-state index in [1.54, 1.807) is 35.6 Å². The van der Waals surface area contributed by atoms with Gasteiger partial charge < -0.3 is 10.1 Å². The van der Waals surface area contributed by atoms with E-state index in [0.29, 0.717) is 17.2 Å². The SMILES string of the molecule is COC(=O)c1ccc(NC(=O)C2CC2c2cccs2)cc1. The Morgan fingerprint density at radius 2 is 2.00 bits per heavy atom.